The van der Waals surface area contributed by atoms with Gasteiger partial charge in [-0.2, -0.15) is 0 Å². The molecule has 194 valence electrons. The first-order chi connectivity index (χ1) is 17.9. The number of amides is 1. The molecular weight excluding hydrogens is 490 g/mol. The Kier molecular flexibility index (Phi) is 7.43. The van der Waals surface area contributed by atoms with E-state index < -0.39 is 5.97 Å². The SMILES string of the molecule is COCCCN(C(=O)C1CCC(C)CC1)c1oc(-c2ccc(-c3cn4ccsc4n3)cc2)cc1C(=O)O. The van der Waals surface area contributed by atoms with Gasteiger partial charge in [0.25, 0.3) is 0 Å². The van der Waals surface area contributed by atoms with E-state index in [-0.39, 0.29) is 23.3 Å². The largest absolute Gasteiger partial charge is 0.477 e. The monoisotopic (exact) mass is 521 g/mol. The number of aromatic carboxylic acids is 1. The lowest BCUT2D eigenvalue weighted by Gasteiger charge is -2.30. The minimum atomic E-state index is -1.12. The summed E-state index contributed by atoms with van der Waals surface area (Å²) < 4.78 is 13.3. The van der Waals surface area contributed by atoms with Crippen LogP contribution in [0.25, 0.3) is 27.5 Å². The van der Waals surface area contributed by atoms with Gasteiger partial charge in [-0.1, -0.05) is 31.2 Å². The number of carbonyl (C=O) groups is 2. The van der Waals surface area contributed by atoms with Gasteiger partial charge in [-0.15, -0.1) is 11.3 Å². The summed E-state index contributed by atoms with van der Waals surface area (Å²) in [4.78, 5) is 32.9. The van der Waals surface area contributed by atoms with Gasteiger partial charge in [0.15, 0.2) is 4.96 Å². The highest BCUT2D eigenvalue weighted by molar-refractivity contribution is 7.15. The minimum Gasteiger partial charge on any atom is -0.477 e. The Morgan fingerprint density at radius 3 is 2.59 bits per heavy atom. The lowest BCUT2D eigenvalue weighted by atomic mass is 9.82. The zero-order chi connectivity index (χ0) is 25.9. The number of methoxy groups -OCH3 is 1. The van der Waals surface area contributed by atoms with Crippen LogP contribution in [0.2, 0.25) is 0 Å². The lowest BCUT2D eigenvalue weighted by Crippen LogP contribution is -2.39. The van der Waals surface area contributed by atoms with E-state index in [9.17, 15) is 14.7 Å². The Hall–Kier alpha value is -3.43. The number of imidazole rings is 1. The summed E-state index contributed by atoms with van der Waals surface area (Å²) in [5, 5.41) is 12.0. The molecular formula is C28H31N3O5S. The highest BCUT2D eigenvalue weighted by Gasteiger charge is 2.33. The van der Waals surface area contributed by atoms with Crippen molar-refractivity contribution in [1.82, 2.24) is 9.38 Å². The van der Waals surface area contributed by atoms with Gasteiger partial charge < -0.3 is 14.3 Å². The van der Waals surface area contributed by atoms with E-state index >= 15 is 0 Å². The summed E-state index contributed by atoms with van der Waals surface area (Å²) in [5.41, 5.74) is 2.53. The molecule has 1 saturated carbocycles. The molecule has 0 bridgehead atoms. The van der Waals surface area contributed by atoms with Gasteiger partial charge in [-0.05, 0) is 38.0 Å². The summed E-state index contributed by atoms with van der Waals surface area (Å²) in [7, 11) is 1.61. The number of hydrogen-bond acceptors (Lipinski definition) is 6. The third kappa shape index (κ3) is 5.33. The van der Waals surface area contributed by atoms with Crippen LogP contribution in [-0.2, 0) is 9.53 Å². The van der Waals surface area contributed by atoms with Crippen LogP contribution < -0.4 is 4.90 Å². The topological polar surface area (TPSA) is 97.3 Å². The van der Waals surface area contributed by atoms with Gasteiger partial charge in [-0.25, -0.2) is 9.78 Å². The average molecular weight is 522 g/mol. The second kappa shape index (κ2) is 10.9. The molecule has 0 radical (unpaired) electrons. The Balaban J connectivity index is 1.44. The summed E-state index contributed by atoms with van der Waals surface area (Å²) in [6.45, 7) is 3.01. The molecule has 1 aliphatic rings. The van der Waals surface area contributed by atoms with Crippen molar-refractivity contribution in [2.45, 2.75) is 39.0 Å². The lowest BCUT2D eigenvalue weighted by molar-refractivity contribution is -0.123. The first-order valence-electron chi connectivity index (χ1n) is 12.6. The average Bonchev–Trinajstić information content (AvgIpc) is 3.62. The van der Waals surface area contributed by atoms with E-state index in [0.29, 0.717) is 31.3 Å². The molecule has 1 aromatic carbocycles. The van der Waals surface area contributed by atoms with Gasteiger partial charge in [0.1, 0.15) is 11.3 Å². The molecule has 1 N–H and O–H groups in total. The zero-order valence-corrected chi connectivity index (χ0v) is 21.9. The molecule has 5 rings (SSSR count). The summed E-state index contributed by atoms with van der Waals surface area (Å²) in [6.07, 6.45) is 8.14. The Morgan fingerprint density at radius 1 is 1.19 bits per heavy atom. The fourth-order valence-electron chi connectivity index (χ4n) is 4.96. The second-order valence-electron chi connectivity index (χ2n) is 9.72. The molecule has 0 spiro atoms. The molecule has 37 heavy (non-hydrogen) atoms. The van der Waals surface area contributed by atoms with Crippen molar-refractivity contribution < 1.29 is 23.8 Å². The predicted octanol–water partition coefficient (Wildman–Crippen LogP) is 6.22. The van der Waals surface area contributed by atoms with Crippen LogP contribution in [-0.4, -0.2) is 46.6 Å². The number of carboxylic acid groups (broad SMARTS) is 1. The number of fused-ring (bicyclic) bond motifs is 1. The van der Waals surface area contributed by atoms with Gasteiger partial charge in [0.05, 0.1) is 5.69 Å². The van der Waals surface area contributed by atoms with Crippen LogP contribution in [0.5, 0.6) is 0 Å². The molecule has 8 nitrogen and oxygen atoms in total. The van der Waals surface area contributed by atoms with Crippen molar-refractivity contribution in [2.24, 2.45) is 11.8 Å². The maximum atomic E-state index is 13.6. The maximum Gasteiger partial charge on any atom is 0.341 e. The Bertz CT molecular complexity index is 1350. The molecule has 1 amide bonds. The van der Waals surface area contributed by atoms with Crippen molar-refractivity contribution in [3.05, 3.63) is 53.7 Å². The first kappa shape index (κ1) is 25.2. The normalized spacial score (nSPS) is 17.8. The van der Waals surface area contributed by atoms with E-state index in [2.05, 4.69) is 11.9 Å². The molecule has 9 heteroatoms. The third-order valence-corrected chi connectivity index (χ3v) is 7.88. The number of rotatable bonds is 9. The van der Waals surface area contributed by atoms with E-state index in [4.69, 9.17) is 9.15 Å². The van der Waals surface area contributed by atoms with Crippen LogP contribution in [0, 0.1) is 11.8 Å². The van der Waals surface area contributed by atoms with Crippen molar-refractivity contribution in [2.75, 3.05) is 25.2 Å². The van der Waals surface area contributed by atoms with E-state index in [0.717, 1.165) is 47.5 Å². The number of aromatic nitrogens is 2. The number of anilines is 1. The fourth-order valence-corrected chi connectivity index (χ4v) is 5.66. The molecule has 0 atom stereocenters. The second-order valence-corrected chi connectivity index (χ2v) is 10.6. The third-order valence-electron chi connectivity index (χ3n) is 7.11. The van der Waals surface area contributed by atoms with Crippen LogP contribution in [0.1, 0.15) is 49.4 Å². The van der Waals surface area contributed by atoms with E-state index in [1.54, 1.807) is 18.4 Å². The van der Waals surface area contributed by atoms with E-state index in [1.807, 2.05) is 46.4 Å². The molecule has 3 aromatic heterocycles. The first-order valence-corrected chi connectivity index (χ1v) is 13.5. The fraction of sp³-hybridized carbons (Fsp3) is 0.393. The standard InChI is InChI=1S/C28H31N3O5S/c1-18-4-6-21(7-5-18)25(32)31(12-3-14-35-2)26-22(27(33)34)16-24(36-26)20-10-8-19(9-11-20)23-17-30-13-15-37-28(30)29-23/h8-11,13,15-18,21H,3-7,12,14H2,1-2H3,(H,33,34). The number of furan rings is 1. The highest BCUT2D eigenvalue weighted by Crippen LogP contribution is 2.36. The number of benzene rings is 1. The van der Waals surface area contributed by atoms with Crippen LogP contribution >= 0.6 is 11.3 Å². The van der Waals surface area contributed by atoms with Crippen molar-refractivity contribution >= 4 is 34.1 Å². The Labute approximate surface area is 219 Å². The number of thiazole rings is 1. The molecule has 4 aromatic rings. The Morgan fingerprint density at radius 2 is 1.92 bits per heavy atom. The predicted molar refractivity (Wildman–Crippen MR) is 143 cm³/mol. The molecule has 0 unspecified atom stereocenters. The number of carboxylic acids is 1. The quantitative estimate of drug-likeness (QED) is 0.263. The molecule has 0 saturated heterocycles. The van der Waals surface area contributed by atoms with Crippen LogP contribution in [0.15, 0.2) is 52.5 Å². The smallest absolute Gasteiger partial charge is 0.341 e. The van der Waals surface area contributed by atoms with Gasteiger partial charge >= 0.3 is 5.97 Å². The van der Waals surface area contributed by atoms with Gasteiger partial charge in [0.2, 0.25) is 11.8 Å². The zero-order valence-electron chi connectivity index (χ0n) is 21.1. The summed E-state index contributed by atoms with van der Waals surface area (Å²) >= 11 is 1.57. The van der Waals surface area contributed by atoms with Gasteiger partial charge in [0, 0.05) is 61.1 Å². The van der Waals surface area contributed by atoms with E-state index in [1.165, 1.54) is 11.0 Å². The van der Waals surface area contributed by atoms with Crippen molar-refractivity contribution in [3.63, 3.8) is 0 Å². The van der Waals surface area contributed by atoms with Gasteiger partial charge in [-0.3, -0.25) is 14.1 Å². The van der Waals surface area contributed by atoms with Crippen molar-refractivity contribution in [1.29, 1.82) is 0 Å². The number of nitrogens with zero attached hydrogens (tertiary/aromatic N) is 3. The summed E-state index contributed by atoms with van der Waals surface area (Å²) in [6, 6.07) is 9.16. The molecule has 1 aliphatic carbocycles. The molecule has 0 aliphatic heterocycles. The van der Waals surface area contributed by atoms with Crippen LogP contribution in [0.3, 0.4) is 0 Å². The summed E-state index contributed by atoms with van der Waals surface area (Å²) in [5.74, 6) is -0.204. The van der Waals surface area contributed by atoms with Crippen LogP contribution in [0.4, 0.5) is 5.88 Å². The number of hydrogen-bond donors (Lipinski definition) is 1. The number of carbonyl (C=O) groups excluding carboxylic acids is 1. The maximum absolute atomic E-state index is 13.6. The molecule has 3 heterocycles. The number of ether oxygens (including phenoxy) is 1. The molecule has 1 fully saturated rings. The minimum absolute atomic E-state index is 0.0108. The van der Waals surface area contributed by atoms with Crippen molar-refractivity contribution in [3.8, 4) is 22.6 Å². The highest BCUT2D eigenvalue weighted by atomic mass is 32.1.